The van der Waals surface area contributed by atoms with Crippen LogP contribution in [0.15, 0.2) is 42.5 Å². The van der Waals surface area contributed by atoms with Crippen LogP contribution in [0.5, 0.6) is 5.75 Å². The number of anilines is 1. The monoisotopic (exact) mass is 317 g/mol. The number of nitrogens with zero attached hydrogens (tertiary/aromatic N) is 1. The fraction of sp³-hybridized carbons (Fsp3) is 0.278. The van der Waals surface area contributed by atoms with Crippen molar-refractivity contribution in [3.05, 3.63) is 59.7 Å². The van der Waals surface area contributed by atoms with Gasteiger partial charge < -0.3 is 9.64 Å². The van der Waals surface area contributed by atoms with E-state index in [9.17, 15) is 13.6 Å². The number of Topliss-reactive ketones (excluding diaryl/α,β-unsaturated/α-hetero) is 1. The van der Waals surface area contributed by atoms with Gasteiger partial charge in [0.25, 0.3) is 0 Å². The van der Waals surface area contributed by atoms with Crippen molar-refractivity contribution in [1.29, 1.82) is 0 Å². The molecule has 1 aliphatic rings. The Bertz CT molecular complexity index is 670. The number of ether oxygens (including phenoxy) is 1. The highest BCUT2D eigenvalue weighted by molar-refractivity contribution is 5.81. The number of piperidine rings is 1. The molecule has 2 aromatic rings. The zero-order valence-corrected chi connectivity index (χ0v) is 12.6. The molecule has 0 atom stereocenters. The van der Waals surface area contributed by atoms with E-state index >= 15 is 0 Å². The van der Waals surface area contributed by atoms with Gasteiger partial charge in [0.15, 0.2) is 17.4 Å². The third-order valence-corrected chi connectivity index (χ3v) is 3.90. The first-order valence-electron chi connectivity index (χ1n) is 7.56. The van der Waals surface area contributed by atoms with Crippen LogP contribution in [0.1, 0.15) is 18.4 Å². The summed E-state index contributed by atoms with van der Waals surface area (Å²) in [5.41, 5.74) is 1.28. The summed E-state index contributed by atoms with van der Waals surface area (Å²) in [5.74, 6) is -1.64. The zero-order chi connectivity index (χ0) is 16.2. The minimum absolute atomic E-state index is 0.103. The predicted molar refractivity (Wildman–Crippen MR) is 83.6 cm³/mol. The Morgan fingerprint density at radius 1 is 1.00 bits per heavy atom. The molecule has 0 aromatic heterocycles. The molecule has 5 heteroatoms. The first-order valence-corrected chi connectivity index (χ1v) is 7.56. The molecule has 0 N–H and O–H groups in total. The summed E-state index contributed by atoms with van der Waals surface area (Å²) in [6.07, 6.45) is 0.824. The molecule has 0 bridgehead atoms. The summed E-state index contributed by atoms with van der Waals surface area (Å²) in [6, 6.07) is 11.7. The number of ketones is 1. The maximum Gasteiger partial charge on any atom is 0.191 e. The largest absolute Gasteiger partial charge is 0.483 e. The SMILES string of the molecule is O=C1CCN(c2cc(F)c(OCc3ccccc3)c(F)c2)CC1. The average Bonchev–Trinajstić information content (AvgIpc) is 2.55. The van der Waals surface area contributed by atoms with Crippen molar-refractivity contribution in [2.45, 2.75) is 19.4 Å². The highest BCUT2D eigenvalue weighted by Crippen LogP contribution is 2.29. The van der Waals surface area contributed by atoms with Gasteiger partial charge in [-0.05, 0) is 5.56 Å². The minimum Gasteiger partial charge on any atom is -0.483 e. The van der Waals surface area contributed by atoms with E-state index in [1.54, 1.807) is 0 Å². The number of rotatable bonds is 4. The Morgan fingerprint density at radius 2 is 1.61 bits per heavy atom. The lowest BCUT2D eigenvalue weighted by molar-refractivity contribution is -0.119. The molecule has 0 radical (unpaired) electrons. The van der Waals surface area contributed by atoms with Crippen LogP contribution in [0.2, 0.25) is 0 Å². The number of halogens is 2. The topological polar surface area (TPSA) is 29.5 Å². The lowest BCUT2D eigenvalue weighted by atomic mass is 10.1. The van der Waals surface area contributed by atoms with Crippen LogP contribution in [-0.4, -0.2) is 18.9 Å². The Balaban J connectivity index is 1.74. The number of hydrogen-bond donors (Lipinski definition) is 0. The fourth-order valence-electron chi connectivity index (χ4n) is 2.61. The third-order valence-electron chi connectivity index (χ3n) is 3.90. The van der Waals surface area contributed by atoms with Gasteiger partial charge in [-0.25, -0.2) is 8.78 Å². The van der Waals surface area contributed by atoms with E-state index in [4.69, 9.17) is 4.74 Å². The van der Waals surface area contributed by atoms with Gasteiger partial charge in [0.05, 0.1) is 0 Å². The number of benzene rings is 2. The van der Waals surface area contributed by atoms with Crippen LogP contribution >= 0.6 is 0 Å². The third kappa shape index (κ3) is 3.67. The summed E-state index contributed by atoms with van der Waals surface area (Å²) < 4.78 is 33.7. The molecule has 1 saturated heterocycles. The summed E-state index contributed by atoms with van der Waals surface area (Å²) in [4.78, 5) is 13.1. The molecule has 2 aromatic carbocycles. The smallest absolute Gasteiger partial charge is 0.191 e. The molecular weight excluding hydrogens is 300 g/mol. The zero-order valence-electron chi connectivity index (χ0n) is 12.6. The van der Waals surface area contributed by atoms with Gasteiger partial charge in [0.1, 0.15) is 12.4 Å². The Hall–Kier alpha value is -2.43. The van der Waals surface area contributed by atoms with Gasteiger partial charge in [-0.15, -0.1) is 0 Å². The molecule has 0 unspecified atom stereocenters. The summed E-state index contributed by atoms with van der Waals surface area (Å²) in [5, 5.41) is 0. The van der Waals surface area contributed by atoms with Crippen molar-refractivity contribution in [2.24, 2.45) is 0 Å². The number of hydrogen-bond acceptors (Lipinski definition) is 3. The van der Waals surface area contributed by atoms with Crippen LogP contribution < -0.4 is 9.64 Å². The Labute approximate surface area is 133 Å². The van der Waals surface area contributed by atoms with E-state index in [0.717, 1.165) is 5.56 Å². The number of carbonyl (C=O) groups is 1. The fourth-order valence-corrected chi connectivity index (χ4v) is 2.61. The van der Waals surface area contributed by atoms with Crippen LogP contribution in [0.4, 0.5) is 14.5 Å². The highest BCUT2D eigenvalue weighted by Gasteiger charge is 2.20. The van der Waals surface area contributed by atoms with Crippen molar-refractivity contribution >= 4 is 11.5 Å². The van der Waals surface area contributed by atoms with Gasteiger partial charge in [0.2, 0.25) is 0 Å². The summed E-state index contributed by atoms with van der Waals surface area (Å²) >= 11 is 0. The van der Waals surface area contributed by atoms with E-state index < -0.39 is 11.6 Å². The summed E-state index contributed by atoms with van der Waals surface area (Å²) in [7, 11) is 0. The molecule has 1 fully saturated rings. The maximum absolute atomic E-state index is 14.2. The van der Waals surface area contributed by atoms with Crippen LogP contribution in [0.25, 0.3) is 0 Å². The van der Waals surface area contributed by atoms with Gasteiger partial charge in [0, 0.05) is 43.8 Å². The van der Waals surface area contributed by atoms with Gasteiger partial charge in [-0.2, -0.15) is 0 Å². The molecule has 0 saturated carbocycles. The van der Waals surface area contributed by atoms with Gasteiger partial charge >= 0.3 is 0 Å². The van der Waals surface area contributed by atoms with E-state index in [0.29, 0.717) is 31.6 Å². The van der Waals surface area contributed by atoms with Crippen molar-refractivity contribution < 1.29 is 18.3 Å². The van der Waals surface area contributed by atoms with E-state index in [1.807, 2.05) is 35.2 Å². The van der Waals surface area contributed by atoms with Gasteiger partial charge in [-0.1, -0.05) is 30.3 Å². The molecule has 23 heavy (non-hydrogen) atoms. The molecule has 1 heterocycles. The highest BCUT2D eigenvalue weighted by atomic mass is 19.1. The van der Waals surface area contributed by atoms with Crippen LogP contribution in [-0.2, 0) is 11.4 Å². The lowest BCUT2D eigenvalue weighted by Gasteiger charge is -2.28. The Morgan fingerprint density at radius 3 is 2.22 bits per heavy atom. The molecule has 120 valence electrons. The van der Waals surface area contributed by atoms with Gasteiger partial charge in [-0.3, -0.25) is 4.79 Å². The lowest BCUT2D eigenvalue weighted by Crippen LogP contribution is -2.33. The number of carbonyl (C=O) groups excluding carboxylic acids is 1. The van der Waals surface area contributed by atoms with Crippen molar-refractivity contribution in [3.8, 4) is 5.75 Å². The second-order valence-corrected chi connectivity index (χ2v) is 5.54. The van der Waals surface area contributed by atoms with Crippen molar-refractivity contribution in [1.82, 2.24) is 0 Å². The first-order chi connectivity index (χ1) is 11.1. The normalized spacial score (nSPS) is 14.9. The second kappa shape index (κ2) is 6.77. The maximum atomic E-state index is 14.2. The molecule has 3 rings (SSSR count). The minimum atomic E-state index is -0.729. The predicted octanol–water partition coefficient (Wildman–Crippen LogP) is 3.71. The molecule has 3 nitrogen and oxygen atoms in total. The standard InChI is InChI=1S/C18H17F2NO2/c19-16-10-14(21-8-6-15(22)7-9-21)11-17(20)18(16)23-12-13-4-2-1-3-5-13/h1-5,10-11H,6-9,12H2. The molecule has 0 amide bonds. The molecule has 0 aliphatic carbocycles. The molecule has 0 spiro atoms. The van der Waals surface area contributed by atoms with E-state index in [1.165, 1.54) is 12.1 Å². The quantitative estimate of drug-likeness (QED) is 0.861. The average molecular weight is 317 g/mol. The first kappa shape index (κ1) is 15.5. The van der Waals surface area contributed by atoms with E-state index in [-0.39, 0.29) is 18.1 Å². The second-order valence-electron chi connectivity index (χ2n) is 5.54. The van der Waals surface area contributed by atoms with Crippen LogP contribution in [0, 0.1) is 11.6 Å². The molecule has 1 aliphatic heterocycles. The Kier molecular flexibility index (Phi) is 4.55. The summed E-state index contributed by atoms with van der Waals surface area (Å²) in [6.45, 7) is 1.08. The van der Waals surface area contributed by atoms with Crippen LogP contribution in [0.3, 0.4) is 0 Å². The van der Waals surface area contributed by atoms with E-state index in [2.05, 4.69) is 0 Å². The molecular formula is C18H17F2NO2. The van der Waals surface area contributed by atoms with Crippen molar-refractivity contribution in [3.63, 3.8) is 0 Å². The van der Waals surface area contributed by atoms with Crippen molar-refractivity contribution in [2.75, 3.05) is 18.0 Å².